The first-order valence-electron chi connectivity index (χ1n) is 9.41. The molecule has 1 amide bonds. The Bertz CT molecular complexity index is 939. The van der Waals surface area contributed by atoms with Gasteiger partial charge in [-0.2, -0.15) is 0 Å². The molecule has 0 radical (unpaired) electrons. The average Bonchev–Trinajstić information content (AvgIpc) is 3.16. The Hall–Kier alpha value is -3.14. The van der Waals surface area contributed by atoms with Gasteiger partial charge in [0.2, 0.25) is 0 Å². The molecule has 0 atom stereocenters. The van der Waals surface area contributed by atoms with Crippen LogP contribution in [0.2, 0.25) is 0 Å². The van der Waals surface area contributed by atoms with Crippen molar-refractivity contribution in [2.24, 2.45) is 0 Å². The molecule has 1 aromatic heterocycles. The minimum Gasteiger partial charge on any atom is -0.353 e. The first kappa shape index (κ1) is 17.3. The lowest BCUT2D eigenvalue weighted by Gasteiger charge is -2.23. The molecule has 4 heteroatoms. The Morgan fingerprint density at radius 3 is 2.67 bits per heavy atom. The standard InChI is InChI=1S/C23H23N3O/c1-2-25(17-18-8-4-3-5-9-18)22-16-20(12-14-24-22)23(27)26-15-13-19-10-6-7-11-21(19)26/h3-12,14,16H,2,13,15,17H2,1H3. The summed E-state index contributed by atoms with van der Waals surface area (Å²) in [6.07, 6.45) is 2.65. The van der Waals surface area contributed by atoms with Crippen LogP contribution in [-0.2, 0) is 13.0 Å². The Morgan fingerprint density at radius 1 is 1.07 bits per heavy atom. The van der Waals surface area contributed by atoms with Crippen LogP contribution in [0.15, 0.2) is 72.9 Å². The van der Waals surface area contributed by atoms with E-state index in [4.69, 9.17) is 0 Å². The van der Waals surface area contributed by atoms with Crippen molar-refractivity contribution in [3.8, 4) is 0 Å². The van der Waals surface area contributed by atoms with Gasteiger partial charge in [-0.3, -0.25) is 4.79 Å². The zero-order chi connectivity index (χ0) is 18.6. The lowest BCUT2D eigenvalue weighted by molar-refractivity contribution is 0.0989. The van der Waals surface area contributed by atoms with Crippen LogP contribution in [0.1, 0.15) is 28.4 Å². The van der Waals surface area contributed by atoms with Crippen LogP contribution < -0.4 is 9.80 Å². The van der Waals surface area contributed by atoms with Gasteiger partial charge in [0.1, 0.15) is 5.82 Å². The largest absolute Gasteiger partial charge is 0.353 e. The summed E-state index contributed by atoms with van der Waals surface area (Å²) in [6, 6.07) is 22.2. The summed E-state index contributed by atoms with van der Waals surface area (Å²) in [5.41, 5.74) is 4.17. The highest BCUT2D eigenvalue weighted by Gasteiger charge is 2.25. The molecule has 2 heterocycles. The lowest BCUT2D eigenvalue weighted by atomic mass is 10.1. The smallest absolute Gasteiger partial charge is 0.258 e. The van der Waals surface area contributed by atoms with Crippen molar-refractivity contribution in [3.05, 3.63) is 89.6 Å². The zero-order valence-electron chi connectivity index (χ0n) is 15.5. The first-order chi connectivity index (χ1) is 13.3. The lowest BCUT2D eigenvalue weighted by Crippen LogP contribution is -2.29. The van der Waals surface area contributed by atoms with E-state index in [-0.39, 0.29) is 5.91 Å². The number of anilines is 2. The molecule has 0 fully saturated rings. The van der Waals surface area contributed by atoms with Crippen molar-refractivity contribution < 1.29 is 4.79 Å². The number of carbonyl (C=O) groups excluding carboxylic acids is 1. The van der Waals surface area contributed by atoms with Crippen molar-refractivity contribution >= 4 is 17.4 Å². The highest BCUT2D eigenvalue weighted by molar-refractivity contribution is 6.07. The number of fused-ring (bicyclic) bond motifs is 1. The molecule has 4 nitrogen and oxygen atoms in total. The van der Waals surface area contributed by atoms with E-state index in [0.29, 0.717) is 5.56 Å². The number of nitrogens with zero attached hydrogens (tertiary/aromatic N) is 3. The molecular formula is C23H23N3O. The van der Waals surface area contributed by atoms with E-state index < -0.39 is 0 Å². The monoisotopic (exact) mass is 357 g/mol. The van der Waals surface area contributed by atoms with Crippen LogP contribution >= 0.6 is 0 Å². The molecule has 2 aromatic carbocycles. The molecule has 1 aliphatic rings. The topological polar surface area (TPSA) is 36.4 Å². The summed E-state index contributed by atoms with van der Waals surface area (Å²) in [4.78, 5) is 21.7. The Morgan fingerprint density at radius 2 is 1.85 bits per heavy atom. The molecule has 3 aromatic rings. The van der Waals surface area contributed by atoms with Crippen LogP contribution in [0.3, 0.4) is 0 Å². The SMILES string of the molecule is CCN(Cc1ccccc1)c1cc(C(=O)N2CCc3ccccc32)ccn1. The summed E-state index contributed by atoms with van der Waals surface area (Å²) in [7, 11) is 0. The second kappa shape index (κ2) is 7.62. The van der Waals surface area contributed by atoms with Gasteiger partial charge in [-0.25, -0.2) is 4.98 Å². The minimum atomic E-state index is 0.0411. The van der Waals surface area contributed by atoms with Crippen molar-refractivity contribution in [3.63, 3.8) is 0 Å². The van der Waals surface area contributed by atoms with Crippen LogP contribution in [0.5, 0.6) is 0 Å². The molecule has 136 valence electrons. The van der Waals surface area contributed by atoms with Gasteiger partial charge in [0, 0.05) is 37.1 Å². The second-order valence-electron chi connectivity index (χ2n) is 6.74. The quantitative estimate of drug-likeness (QED) is 0.683. The number of para-hydroxylation sites is 1. The Kier molecular flexibility index (Phi) is 4.88. The number of pyridine rings is 1. The van der Waals surface area contributed by atoms with Crippen molar-refractivity contribution in [1.82, 2.24) is 4.98 Å². The predicted molar refractivity (Wildman–Crippen MR) is 109 cm³/mol. The fourth-order valence-electron chi connectivity index (χ4n) is 3.59. The molecule has 0 unspecified atom stereocenters. The van der Waals surface area contributed by atoms with Gasteiger partial charge in [0.05, 0.1) is 0 Å². The van der Waals surface area contributed by atoms with Crippen LogP contribution in [0.25, 0.3) is 0 Å². The molecule has 4 rings (SSSR count). The van der Waals surface area contributed by atoms with Crippen molar-refractivity contribution in [2.45, 2.75) is 19.9 Å². The van der Waals surface area contributed by atoms with E-state index in [1.807, 2.05) is 53.4 Å². The summed E-state index contributed by atoms with van der Waals surface area (Å²) in [6.45, 7) is 4.44. The van der Waals surface area contributed by atoms with Gasteiger partial charge in [-0.15, -0.1) is 0 Å². The molecule has 0 spiro atoms. The van der Waals surface area contributed by atoms with Gasteiger partial charge in [0.15, 0.2) is 0 Å². The highest BCUT2D eigenvalue weighted by atomic mass is 16.2. The molecule has 0 N–H and O–H groups in total. The molecule has 27 heavy (non-hydrogen) atoms. The fourth-order valence-corrected chi connectivity index (χ4v) is 3.59. The number of aromatic nitrogens is 1. The maximum Gasteiger partial charge on any atom is 0.258 e. The summed E-state index contributed by atoms with van der Waals surface area (Å²) in [5.74, 6) is 0.874. The van der Waals surface area contributed by atoms with E-state index >= 15 is 0 Å². The maximum absolute atomic E-state index is 13.1. The first-order valence-corrected chi connectivity index (χ1v) is 9.41. The number of carbonyl (C=O) groups is 1. The summed E-state index contributed by atoms with van der Waals surface area (Å²) < 4.78 is 0. The van der Waals surface area contributed by atoms with Crippen LogP contribution in [-0.4, -0.2) is 24.0 Å². The third-order valence-corrected chi connectivity index (χ3v) is 5.05. The number of hydrogen-bond acceptors (Lipinski definition) is 3. The zero-order valence-corrected chi connectivity index (χ0v) is 15.5. The fraction of sp³-hybridized carbons (Fsp3) is 0.217. The van der Waals surface area contributed by atoms with E-state index in [2.05, 4.69) is 35.0 Å². The summed E-state index contributed by atoms with van der Waals surface area (Å²) >= 11 is 0. The average molecular weight is 357 g/mol. The third-order valence-electron chi connectivity index (χ3n) is 5.05. The van der Waals surface area contributed by atoms with Gasteiger partial charge in [-0.05, 0) is 42.7 Å². The Balaban J connectivity index is 1.58. The molecule has 1 aliphatic heterocycles. The normalized spacial score (nSPS) is 12.7. The number of rotatable bonds is 5. The summed E-state index contributed by atoms with van der Waals surface area (Å²) in [5, 5.41) is 0. The third kappa shape index (κ3) is 3.56. The number of hydrogen-bond donors (Lipinski definition) is 0. The highest BCUT2D eigenvalue weighted by Crippen LogP contribution is 2.29. The number of benzene rings is 2. The van der Waals surface area contributed by atoms with Gasteiger partial charge >= 0.3 is 0 Å². The van der Waals surface area contributed by atoms with E-state index in [1.165, 1.54) is 11.1 Å². The van der Waals surface area contributed by atoms with Crippen molar-refractivity contribution in [1.29, 1.82) is 0 Å². The van der Waals surface area contributed by atoms with E-state index in [9.17, 15) is 4.79 Å². The maximum atomic E-state index is 13.1. The van der Waals surface area contributed by atoms with Gasteiger partial charge < -0.3 is 9.80 Å². The van der Waals surface area contributed by atoms with Gasteiger partial charge in [0.25, 0.3) is 5.91 Å². The molecule has 0 saturated heterocycles. The molecule has 0 saturated carbocycles. The molecule has 0 bridgehead atoms. The van der Waals surface area contributed by atoms with E-state index in [0.717, 1.165) is 37.6 Å². The minimum absolute atomic E-state index is 0.0411. The molecular weight excluding hydrogens is 334 g/mol. The molecule has 0 aliphatic carbocycles. The van der Waals surface area contributed by atoms with Crippen LogP contribution in [0.4, 0.5) is 11.5 Å². The van der Waals surface area contributed by atoms with Crippen molar-refractivity contribution in [2.75, 3.05) is 22.9 Å². The van der Waals surface area contributed by atoms with Crippen LogP contribution in [0, 0.1) is 0 Å². The second-order valence-corrected chi connectivity index (χ2v) is 6.74. The Labute approximate surface area is 160 Å². The number of amides is 1. The predicted octanol–water partition coefficient (Wildman–Crippen LogP) is 4.31. The van der Waals surface area contributed by atoms with Gasteiger partial charge in [-0.1, -0.05) is 48.5 Å². The van der Waals surface area contributed by atoms with E-state index in [1.54, 1.807) is 6.20 Å².